The Balaban J connectivity index is 1.40. The van der Waals surface area contributed by atoms with Crippen LogP contribution in [0.4, 0.5) is 11.8 Å². The third-order valence-corrected chi connectivity index (χ3v) is 5.29. The van der Waals surface area contributed by atoms with Crippen LogP contribution in [0, 0.1) is 6.92 Å². The van der Waals surface area contributed by atoms with Crippen molar-refractivity contribution in [1.82, 2.24) is 14.9 Å². The average Bonchev–Trinajstić information content (AvgIpc) is 2.79. The van der Waals surface area contributed by atoms with Crippen molar-refractivity contribution < 1.29 is 4.79 Å². The highest BCUT2D eigenvalue weighted by molar-refractivity contribution is 5.94. The Morgan fingerprint density at radius 2 is 1.60 bits per heavy atom. The van der Waals surface area contributed by atoms with Gasteiger partial charge in [0.25, 0.3) is 5.91 Å². The number of nitrogens with zero attached hydrogens (tertiary/aromatic N) is 4. The molecule has 6 heteroatoms. The second-order valence-electron chi connectivity index (χ2n) is 7.45. The van der Waals surface area contributed by atoms with Gasteiger partial charge in [0.2, 0.25) is 5.95 Å². The molecule has 1 aromatic heterocycles. The van der Waals surface area contributed by atoms with E-state index in [9.17, 15) is 4.79 Å². The number of benzene rings is 2. The van der Waals surface area contributed by atoms with Gasteiger partial charge in [-0.2, -0.15) is 4.98 Å². The van der Waals surface area contributed by atoms with Crippen LogP contribution < -0.4 is 10.2 Å². The Morgan fingerprint density at radius 1 is 0.933 bits per heavy atom. The van der Waals surface area contributed by atoms with Crippen molar-refractivity contribution in [3.63, 3.8) is 0 Å². The van der Waals surface area contributed by atoms with Crippen LogP contribution in [-0.4, -0.2) is 53.5 Å². The van der Waals surface area contributed by atoms with Crippen LogP contribution in [0.1, 0.15) is 23.0 Å². The summed E-state index contributed by atoms with van der Waals surface area (Å²) >= 11 is 0. The lowest BCUT2D eigenvalue weighted by atomic mass is 10.0. The second kappa shape index (κ2) is 8.95. The van der Waals surface area contributed by atoms with Crippen LogP contribution >= 0.6 is 0 Å². The zero-order valence-electron chi connectivity index (χ0n) is 17.5. The molecule has 4 rings (SSSR count). The van der Waals surface area contributed by atoms with E-state index in [0.29, 0.717) is 13.1 Å². The first-order valence-corrected chi connectivity index (χ1v) is 10.4. The second-order valence-corrected chi connectivity index (χ2v) is 7.45. The number of hydrogen-bond donors (Lipinski definition) is 1. The SMILES string of the molecule is CCNc1cc(C)nc(N2CCN(C(=O)c3ccc(-c4ccccc4)cc3)CC2)n1. The zero-order valence-corrected chi connectivity index (χ0v) is 17.5. The number of aromatic nitrogens is 2. The van der Waals surface area contributed by atoms with Crippen molar-refractivity contribution in [2.45, 2.75) is 13.8 Å². The number of carbonyl (C=O) groups excluding carboxylic acids is 1. The highest BCUT2D eigenvalue weighted by Gasteiger charge is 2.24. The summed E-state index contributed by atoms with van der Waals surface area (Å²) in [5, 5.41) is 3.25. The van der Waals surface area contributed by atoms with E-state index in [-0.39, 0.29) is 5.91 Å². The van der Waals surface area contributed by atoms with Crippen molar-refractivity contribution in [1.29, 1.82) is 0 Å². The van der Waals surface area contributed by atoms with Gasteiger partial charge in [0.1, 0.15) is 5.82 Å². The number of carbonyl (C=O) groups is 1. The van der Waals surface area contributed by atoms with E-state index in [2.05, 4.69) is 32.3 Å². The first-order valence-electron chi connectivity index (χ1n) is 10.4. The lowest BCUT2D eigenvalue weighted by Crippen LogP contribution is -2.49. The lowest BCUT2D eigenvalue weighted by molar-refractivity contribution is 0.0746. The van der Waals surface area contributed by atoms with E-state index in [1.165, 1.54) is 0 Å². The quantitative estimate of drug-likeness (QED) is 0.704. The van der Waals surface area contributed by atoms with Gasteiger partial charge >= 0.3 is 0 Å². The molecule has 3 aromatic rings. The Hall–Kier alpha value is -3.41. The van der Waals surface area contributed by atoms with E-state index < -0.39 is 0 Å². The molecule has 30 heavy (non-hydrogen) atoms. The van der Waals surface area contributed by atoms with Gasteiger partial charge in [-0.1, -0.05) is 42.5 Å². The summed E-state index contributed by atoms with van der Waals surface area (Å²) in [7, 11) is 0. The van der Waals surface area contributed by atoms with Crippen LogP contribution in [0.2, 0.25) is 0 Å². The Labute approximate surface area is 177 Å². The molecule has 0 bridgehead atoms. The standard InChI is InChI=1S/C24H27N5O/c1-3-25-22-17-18(2)26-24(27-22)29-15-13-28(14-16-29)23(30)21-11-9-20(10-12-21)19-7-5-4-6-8-19/h4-12,17H,3,13-16H2,1-2H3,(H,25,26,27). The zero-order chi connectivity index (χ0) is 20.9. The predicted octanol–water partition coefficient (Wildman–Crippen LogP) is 3.85. The molecule has 0 unspecified atom stereocenters. The van der Waals surface area contributed by atoms with Crippen molar-refractivity contribution in [2.75, 3.05) is 42.9 Å². The third-order valence-electron chi connectivity index (χ3n) is 5.29. The largest absolute Gasteiger partial charge is 0.370 e. The Morgan fingerprint density at radius 3 is 2.27 bits per heavy atom. The molecule has 1 amide bonds. The summed E-state index contributed by atoms with van der Waals surface area (Å²) < 4.78 is 0. The van der Waals surface area contributed by atoms with Gasteiger partial charge in [-0.25, -0.2) is 4.98 Å². The molecule has 1 fully saturated rings. The highest BCUT2D eigenvalue weighted by Crippen LogP contribution is 2.21. The molecule has 0 spiro atoms. The number of piperazine rings is 1. The molecule has 6 nitrogen and oxygen atoms in total. The number of hydrogen-bond acceptors (Lipinski definition) is 5. The van der Waals surface area contributed by atoms with Crippen molar-refractivity contribution in [3.05, 3.63) is 71.9 Å². The van der Waals surface area contributed by atoms with Crippen LogP contribution in [0.15, 0.2) is 60.7 Å². The van der Waals surface area contributed by atoms with E-state index >= 15 is 0 Å². The minimum Gasteiger partial charge on any atom is -0.370 e. The van der Waals surface area contributed by atoms with E-state index in [4.69, 9.17) is 0 Å². The van der Waals surface area contributed by atoms with Crippen LogP contribution in [-0.2, 0) is 0 Å². The molecule has 0 aliphatic carbocycles. The van der Waals surface area contributed by atoms with Crippen molar-refractivity contribution in [2.24, 2.45) is 0 Å². The number of amides is 1. The van der Waals surface area contributed by atoms with Crippen molar-refractivity contribution in [3.8, 4) is 11.1 Å². The third kappa shape index (κ3) is 4.43. The maximum atomic E-state index is 13.0. The fourth-order valence-corrected chi connectivity index (χ4v) is 3.69. The molecular weight excluding hydrogens is 374 g/mol. The maximum Gasteiger partial charge on any atom is 0.253 e. The summed E-state index contributed by atoms with van der Waals surface area (Å²) in [6, 6.07) is 20.0. The summed E-state index contributed by atoms with van der Waals surface area (Å²) in [5.74, 6) is 1.65. The first-order chi connectivity index (χ1) is 14.6. The molecule has 0 atom stereocenters. The molecule has 2 aromatic carbocycles. The van der Waals surface area contributed by atoms with E-state index in [1.54, 1.807) is 0 Å². The van der Waals surface area contributed by atoms with Gasteiger partial charge in [-0.3, -0.25) is 4.79 Å². The van der Waals surface area contributed by atoms with E-state index in [1.807, 2.05) is 67.3 Å². The van der Waals surface area contributed by atoms with Gasteiger partial charge in [-0.15, -0.1) is 0 Å². The van der Waals surface area contributed by atoms with Gasteiger partial charge in [-0.05, 0) is 37.1 Å². The molecule has 1 saturated heterocycles. The van der Waals surface area contributed by atoms with Gasteiger partial charge < -0.3 is 15.1 Å². The minimum absolute atomic E-state index is 0.0766. The number of nitrogens with one attached hydrogen (secondary N) is 1. The number of rotatable bonds is 5. The topological polar surface area (TPSA) is 61.4 Å². The Kier molecular flexibility index (Phi) is 5.93. The molecular formula is C24H27N5O. The number of aryl methyl sites for hydroxylation is 1. The maximum absolute atomic E-state index is 13.0. The monoisotopic (exact) mass is 401 g/mol. The fraction of sp³-hybridized carbons (Fsp3) is 0.292. The van der Waals surface area contributed by atoms with E-state index in [0.717, 1.165) is 53.8 Å². The smallest absolute Gasteiger partial charge is 0.253 e. The average molecular weight is 402 g/mol. The normalized spacial score (nSPS) is 13.9. The Bertz CT molecular complexity index is 996. The van der Waals surface area contributed by atoms with Crippen LogP contribution in [0.5, 0.6) is 0 Å². The van der Waals surface area contributed by atoms with Crippen LogP contribution in [0.3, 0.4) is 0 Å². The van der Waals surface area contributed by atoms with Crippen LogP contribution in [0.25, 0.3) is 11.1 Å². The summed E-state index contributed by atoms with van der Waals surface area (Å²) in [6.07, 6.45) is 0. The van der Waals surface area contributed by atoms with Crippen molar-refractivity contribution >= 4 is 17.7 Å². The van der Waals surface area contributed by atoms with Gasteiger partial charge in [0.05, 0.1) is 0 Å². The summed E-state index contributed by atoms with van der Waals surface area (Å²) in [5.41, 5.74) is 3.93. The molecule has 0 radical (unpaired) electrons. The highest BCUT2D eigenvalue weighted by atomic mass is 16.2. The summed E-state index contributed by atoms with van der Waals surface area (Å²) in [6.45, 7) is 7.62. The first kappa shape index (κ1) is 19.9. The molecule has 2 heterocycles. The van der Waals surface area contributed by atoms with Gasteiger partial charge in [0.15, 0.2) is 0 Å². The molecule has 154 valence electrons. The molecule has 1 aliphatic rings. The molecule has 0 saturated carbocycles. The van der Waals surface area contributed by atoms with Gasteiger partial charge in [0, 0.05) is 50.0 Å². The molecule has 1 aliphatic heterocycles. The lowest BCUT2D eigenvalue weighted by Gasteiger charge is -2.35. The molecule has 1 N–H and O–H groups in total. The predicted molar refractivity (Wildman–Crippen MR) is 121 cm³/mol. The number of anilines is 2. The minimum atomic E-state index is 0.0766. The fourth-order valence-electron chi connectivity index (χ4n) is 3.69. The summed E-state index contributed by atoms with van der Waals surface area (Å²) in [4.78, 5) is 26.2.